The second kappa shape index (κ2) is 4.79. The van der Waals surface area contributed by atoms with Crippen molar-refractivity contribution in [3.8, 4) is 0 Å². The van der Waals surface area contributed by atoms with Gasteiger partial charge in [-0.15, -0.1) is 0 Å². The lowest BCUT2D eigenvalue weighted by atomic mass is 10.3. The normalized spacial score (nSPS) is 11.9. The zero-order valence-corrected chi connectivity index (χ0v) is 9.17. The molecule has 0 aromatic carbocycles. The number of likely N-dealkylation sites (N-methyl/N-ethyl adjacent to an activating group) is 1. The van der Waals surface area contributed by atoms with E-state index >= 15 is 0 Å². The summed E-state index contributed by atoms with van der Waals surface area (Å²) in [4.78, 5) is 18.8. The summed E-state index contributed by atoms with van der Waals surface area (Å²) >= 11 is 5.81. The molecule has 1 heterocycles. The van der Waals surface area contributed by atoms with Gasteiger partial charge >= 0.3 is 0 Å². The number of hydrogen-bond donors (Lipinski definition) is 3. The summed E-state index contributed by atoms with van der Waals surface area (Å²) in [6.07, 6.45) is 1.38. The average Bonchev–Trinajstić information content (AvgIpc) is 2.22. The highest BCUT2D eigenvalue weighted by atomic mass is 35.5. The Morgan fingerprint density at radius 2 is 2.33 bits per heavy atom. The SMILES string of the molecule is CNC(=O)C(C)Nc1nc(N)ncc1Cl. The first-order valence-electron chi connectivity index (χ1n) is 4.30. The number of carbonyl (C=O) groups is 1. The molecule has 15 heavy (non-hydrogen) atoms. The van der Waals surface area contributed by atoms with Gasteiger partial charge < -0.3 is 16.4 Å². The second-order valence-electron chi connectivity index (χ2n) is 2.91. The van der Waals surface area contributed by atoms with Gasteiger partial charge in [0.25, 0.3) is 0 Å². The Morgan fingerprint density at radius 1 is 1.67 bits per heavy atom. The summed E-state index contributed by atoms with van der Waals surface area (Å²) in [5.74, 6) is 0.287. The van der Waals surface area contributed by atoms with Crippen LogP contribution in [-0.4, -0.2) is 29.0 Å². The minimum atomic E-state index is -0.443. The zero-order valence-electron chi connectivity index (χ0n) is 8.41. The second-order valence-corrected chi connectivity index (χ2v) is 3.31. The molecule has 7 heteroatoms. The first-order valence-corrected chi connectivity index (χ1v) is 4.68. The molecule has 0 saturated heterocycles. The topological polar surface area (TPSA) is 92.9 Å². The zero-order chi connectivity index (χ0) is 11.4. The number of amides is 1. The van der Waals surface area contributed by atoms with Gasteiger partial charge in [0.05, 0.1) is 6.20 Å². The van der Waals surface area contributed by atoms with E-state index in [0.29, 0.717) is 10.8 Å². The van der Waals surface area contributed by atoms with Crippen molar-refractivity contribution in [3.05, 3.63) is 11.2 Å². The number of nitrogens with two attached hydrogens (primary N) is 1. The summed E-state index contributed by atoms with van der Waals surface area (Å²) in [5.41, 5.74) is 5.39. The molecule has 0 spiro atoms. The van der Waals surface area contributed by atoms with Crippen molar-refractivity contribution in [3.63, 3.8) is 0 Å². The summed E-state index contributed by atoms with van der Waals surface area (Å²) in [7, 11) is 1.55. The Bertz CT molecular complexity index is 370. The van der Waals surface area contributed by atoms with E-state index in [-0.39, 0.29) is 11.9 Å². The highest BCUT2D eigenvalue weighted by molar-refractivity contribution is 6.32. The van der Waals surface area contributed by atoms with E-state index in [4.69, 9.17) is 17.3 Å². The van der Waals surface area contributed by atoms with Gasteiger partial charge in [-0.1, -0.05) is 11.6 Å². The van der Waals surface area contributed by atoms with E-state index in [1.54, 1.807) is 14.0 Å². The molecule has 0 radical (unpaired) electrons. The highest BCUT2D eigenvalue weighted by Gasteiger charge is 2.13. The summed E-state index contributed by atoms with van der Waals surface area (Å²) in [6.45, 7) is 1.69. The minimum absolute atomic E-state index is 0.103. The number of nitrogens with zero attached hydrogens (tertiary/aromatic N) is 2. The van der Waals surface area contributed by atoms with E-state index in [9.17, 15) is 4.79 Å². The van der Waals surface area contributed by atoms with E-state index in [2.05, 4.69) is 20.6 Å². The molecular formula is C8H12ClN5O. The van der Waals surface area contributed by atoms with Crippen molar-refractivity contribution in [2.24, 2.45) is 0 Å². The van der Waals surface area contributed by atoms with Crippen LogP contribution in [0.25, 0.3) is 0 Å². The van der Waals surface area contributed by atoms with Crippen molar-refractivity contribution >= 4 is 29.3 Å². The molecule has 0 aliphatic carbocycles. The van der Waals surface area contributed by atoms with Crippen LogP contribution in [0.15, 0.2) is 6.20 Å². The first kappa shape index (κ1) is 11.5. The molecule has 0 saturated carbocycles. The van der Waals surface area contributed by atoms with E-state index in [1.165, 1.54) is 6.20 Å². The van der Waals surface area contributed by atoms with Crippen LogP contribution in [0.4, 0.5) is 11.8 Å². The van der Waals surface area contributed by atoms with Crippen molar-refractivity contribution in [2.45, 2.75) is 13.0 Å². The molecular weight excluding hydrogens is 218 g/mol. The van der Waals surface area contributed by atoms with E-state index in [0.717, 1.165) is 0 Å². The third-order valence-corrected chi connectivity index (χ3v) is 2.03. The quantitative estimate of drug-likeness (QED) is 0.691. The predicted molar refractivity (Wildman–Crippen MR) is 58.6 cm³/mol. The number of hydrogen-bond acceptors (Lipinski definition) is 5. The lowest BCUT2D eigenvalue weighted by molar-refractivity contribution is -0.121. The minimum Gasteiger partial charge on any atom is -0.368 e. The van der Waals surface area contributed by atoms with Crippen LogP contribution in [0.3, 0.4) is 0 Å². The number of rotatable bonds is 3. The fraction of sp³-hybridized carbons (Fsp3) is 0.375. The summed E-state index contributed by atoms with van der Waals surface area (Å²) in [6, 6.07) is -0.443. The van der Waals surface area contributed by atoms with Crippen LogP contribution < -0.4 is 16.4 Å². The summed E-state index contributed by atoms with van der Waals surface area (Å²) < 4.78 is 0. The molecule has 4 N–H and O–H groups in total. The van der Waals surface area contributed by atoms with Gasteiger partial charge in [0.2, 0.25) is 11.9 Å². The predicted octanol–water partition coefficient (Wildman–Crippen LogP) is 0.259. The Balaban J connectivity index is 2.80. The molecule has 0 aliphatic rings. The Hall–Kier alpha value is -1.56. The molecule has 1 atom stereocenters. The van der Waals surface area contributed by atoms with Crippen LogP contribution >= 0.6 is 11.6 Å². The lowest BCUT2D eigenvalue weighted by Crippen LogP contribution is -2.35. The molecule has 0 fully saturated rings. The van der Waals surface area contributed by atoms with Gasteiger partial charge in [-0.05, 0) is 6.92 Å². The molecule has 0 aliphatic heterocycles. The maximum Gasteiger partial charge on any atom is 0.241 e. The van der Waals surface area contributed by atoms with Gasteiger partial charge in [0.15, 0.2) is 5.82 Å². The Kier molecular flexibility index (Phi) is 3.68. The van der Waals surface area contributed by atoms with E-state index < -0.39 is 6.04 Å². The van der Waals surface area contributed by atoms with E-state index in [1.807, 2.05) is 0 Å². The molecule has 1 amide bonds. The van der Waals surface area contributed by atoms with Gasteiger partial charge in [-0.2, -0.15) is 4.98 Å². The Morgan fingerprint density at radius 3 is 2.93 bits per heavy atom. The summed E-state index contributed by atoms with van der Waals surface area (Å²) in [5, 5.41) is 5.65. The van der Waals surface area contributed by atoms with Crippen LogP contribution in [0, 0.1) is 0 Å². The van der Waals surface area contributed by atoms with Crippen LogP contribution in [0.5, 0.6) is 0 Å². The molecule has 0 bridgehead atoms. The van der Waals surface area contributed by atoms with Crippen LogP contribution in [0.2, 0.25) is 5.02 Å². The maximum absolute atomic E-state index is 11.2. The molecule has 1 aromatic heterocycles. The lowest BCUT2D eigenvalue weighted by Gasteiger charge is -2.13. The van der Waals surface area contributed by atoms with Crippen LogP contribution in [-0.2, 0) is 4.79 Å². The number of aromatic nitrogens is 2. The molecule has 82 valence electrons. The van der Waals surface area contributed by atoms with Crippen molar-refractivity contribution < 1.29 is 4.79 Å². The number of nitrogens with one attached hydrogen (secondary N) is 2. The monoisotopic (exact) mass is 229 g/mol. The number of anilines is 2. The standard InChI is InChI=1S/C8H12ClN5O/c1-4(7(15)11-2)13-6-5(9)3-12-8(10)14-6/h3-4H,1-2H3,(H,11,15)(H3,10,12,13,14). The Labute approximate surface area is 92.2 Å². The fourth-order valence-electron chi connectivity index (χ4n) is 0.969. The maximum atomic E-state index is 11.2. The first-order chi connectivity index (χ1) is 7.04. The number of carbonyl (C=O) groups excluding carboxylic acids is 1. The van der Waals surface area contributed by atoms with Gasteiger partial charge in [-0.25, -0.2) is 4.98 Å². The van der Waals surface area contributed by atoms with Gasteiger partial charge in [0, 0.05) is 7.05 Å². The third kappa shape index (κ3) is 2.95. The molecule has 1 rings (SSSR count). The average molecular weight is 230 g/mol. The molecule has 1 unspecified atom stereocenters. The highest BCUT2D eigenvalue weighted by Crippen LogP contribution is 2.18. The smallest absolute Gasteiger partial charge is 0.241 e. The van der Waals surface area contributed by atoms with Gasteiger partial charge in [0.1, 0.15) is 11.1 Å². The number of nitrogen functional groups attached to an aromatic ring is 1. The number of halogens is 1. The van der Waals surface area contributed by atoms with Gasteiger partial charge in [-0.3, -0.25) is 4.79 Å². The largest absolute Gasteiger partial charge is 0.368 e. The van der Waals surface area contributed by atoms with Crippen LogP contribution in [0.1, 0.15) is 6.92 Å². The molecule has 6 nitrogen and oxygen atoms in total. The molecule has 1 aromatic rings. The van der Waals surface area contributed by atoms with Crippen molar-refractivity contribution in [2.75, 3.05) is 18.1 Å². The van der Waals surface area contributed by atoms with Crippen molar-refractivity contribution in [1.82, 2.24) is 15.3 Å². The fourth-order valence-corrected chi connectivity index (χ4v) is 1.11. The third-order valence-electron chi connectivity index (χ3n) is 1.76. The van der Waals surface area contributed by atoms with Crippen molar-refractivity contribution in [1.29, 1.82) is 0 Å².